The largest absolute Gasteiger partial charge is 0.490 e. The molecule has 7 nitrogen and oxygen atoms in total. The second kappa shape index (κ2) is 10.9. The van der Waals surface area contributed by atoms with E-state index in [2.05, 4.69) is 4.98 Å². The molecule has 0 fully saturated rings. The van der Waals surface area contributed by atoms with E-state index in [-0.39, 0.29) is 11.8 Å². The Morgan fingerprint density at radius 1 is 0.882 bits per heavy atom. The maximum Gasteiger partial charge on any atom is 0.262 e. The molecule has 0 spiro atoms. The monoisotopic (exact) mass is 460 g/mol. The number of ether oxygens (including phenoxy) is 3. The molecule has 2 amide bonds. The van der Waals surface area contributed by atoms with Gasteiger partial charge >= 0.3 is 0 Å². The Hall–Kier alpha value is -3.71. The van der Waals surface area contributed by atoms with Gasteiger partial charge in [0.1, 0.15) is 0 Å². The minimum atomic E-state index is -0.517. The van der Waals surface area contributed by atoms with Crippen LogP contribution in [0.15, 0.2) is 67.0 Å². The molecule has 0 saturated carbocycles. The van der Waals surface area contributed by atoms with Crippen LogP contribution >= 0.6 is 0 Å². The molecule has 1 aliphatic rings. The predicted molar refractivity (Wildman–Crippen MR) is 127 cm³/mol. The predicted octanol–water partition coefficient (Wildman–Crippen LogP) is 4.82. The SMILES string of the molecule is CCOc1ccc(C(CCOCc2cccnc2)N2C(=O)c3ccccc3C2=O)cc1OCC. The number of fused-ring (bicyclic) bond motifs is 1. The first kappa shape index (κ1) is 23.4. The molecular formula is C27H28N2O5. The first-order valence-corrected chi connectivity index (χ1v) is 11.5. The average Bonchev–Trinajstić information content (AvgIpc) is 3.11. The number of hydrogen-bond acceptors (Lipinski definition) is 6. The van der Waals surface area contributed by atoms with Gasteiger partial charge in [-0.3, -0.25) is 19.5 Å². The van der Waals surface area contributed by atoms with Gasteiger partial charge in [-0.05, 0) is 61.7 Å². The molecule has 176 valence electrons. The van der Waals surface area contributed by atoms with Crippen LogP contribution in [0, 0.1) is 0 Å². The standard InChI is InChI=1S/C27H28N2O5/c1-3-33-24-12-11-20(16-25(24)34-4-2)23(13-15-32-18-19-8-7-14-28-17-19)29-26(30)21-9-5-6-10-22(21)27(29)31/h5-12,14,16-17,23H,3-4,13,15,18H2,1-2H3. The summed E-state index contributed by atoms with van der Waals surface area (Å²) in [4.78, 5) is 31.9. The van der Waals surface area contributed by atoms with Crippen molar-refractivity contribution >= 4 is 11.8 Å². The zero-order valence-electron chi connectivity index (χ0n) is 19.4. The number of amides is 2. The number of rotatable bonds is 11. The molecule has 34 heavy (non-hydrogen) atoms. The normalized spacial score (nSPS) is 13.6. The quantitative estimate of drug-likeness (QED) is 0.301. The van der Waals surface area contributed by atoms with E-state index >= 15 is 0 Å². The smallest absolute Gasteiger partial charge is 0.262 e. The van der Waals surface area contributed by atoms with Crippen molar-refractivity contribution in [3.63, 3.8) is 0 Å². The Kier molecular flexibility index (Phi) is 7.54. The second-order valence-electron chi connectivity index (χ2n) is 7.82. The van der Waals surface area contributed by atoms with Crippen LogP contribution in [-0.2, 0) is 11.3 Å². The number of carbonyl (C=O) groups excluding carboxylic acids is 2. The minimum absolute atomic E-state index is 0.301. The van der Waals surface area contributed by atoms with E-state index in [0.29, 0.717) is 55.5 Å². The summed E-state index contributed by atoms with van der Waals surface area (Å²) in [7, 11) is 0. The highest BCUT2D eigenvalue weighted by Gasteiger charge is 2.40. The third-order valence-corrected chi connectivity index (χ3v) is 5.62. The molecule has 1 unspecified atom stereocenters. The zero-order valence-corrected chi connectivity index (χ0v) is 19.4. The van der Waals surface area contributed by atoms with Gasteiger partial charge in [-0.25, -0.2) is 0 Å². The van der Waals surface area contributed by atoms with Gasteiger partial charge in [0, 0.05) is 19.0 Å². The molecule has 1 atom stereocenters. The van der Waals surface area contributed by atoms with Gasteiger partial charge < -0.3 is 14.2 Å². The Labute approximate surface area is 199 Å². The first-order chi connectivity index (χ1) is 16.6. The molecule has 0 N–H and O–H groups in total. The van der Waals surface area contributed by atoms with Crippen molar-refractivity contribution in [1.82, 2.24) is 9.88 Å². The van der Waals surface area contributed by atoms with Crippen molar-refractivity contribution in [3.8, 4) is 11.5 Å². The Balaban J connectivity index is 1.61. The van der Waals surface area contributed by atoms with E-state index in [9.17, 15) is 9.59 Å². The fourth-order valence-electron chi connectivity index (χ4n) is 4.08. The summed E-state index contributed by atoms with van der Waals surface area (Å²) in [6.45, 7) is 5.53. The molecule has 0 saturated heterocycles. The molecular weight excluding hydrogens is 432 g/mol. The van der Waals surface area contributed by atoms with Gasteiger partial charge in [0.2, 0.25) is 0 Å². The summed E-state index contributed by atoms with van der Waals surface area (Å²) in [5.74, 6) is 0.608. The van der Waals surface area contributed by atoms with Crippen LogP contribution in [0.4, 0.5) is 0 Å². The summed E-state index contributed by atoms with van der Waals surface area (Å²) in [6, 6.07) is 15.7. The molecule has 7 heteroatoms. The molecule has 2 heterocycles. The number of pyridine rings is 1. The van der Waals surface area contributed by atoms with Crippen LogP contribution in [0.1, 0.15) is 58.2 Å². The van der Waals surface area contributed by atoms with E-state index in [1.54, 1.807) is 36.7 Å². The topological polar surface area (TPSA) is 78.0 Å². The average molecular weight is 461 g/mol. The molecule has 2 aromatic carbocycles. The molecule has 1 aliphatic heterocycles. The Bertz CT molecular complexity index is 1110. The third kappa shape index (κ3) is 4.94. The zero-order chi connectivity index (χ0) is 23.9. The van der Waals surface area contributed by atoms with Crippen LogP contribution < -0.4 is 9.47 Å². The van der Waals surface area contributed by atoms with Crippen molar-refractivity contribution in [1.29, 1.82) is 0 Å². The highest BCUT2D eigenvalue weighted by atomic mass is 16.5. The molecule has 1 aromatic heterocycles. The summed E-state index contributed by atoms with van der Waals surface area (Å²) in [6.07, 6.45) is 3.90. The van der Waals surface area contributed by atoms with Crippen LogP contribution in [0.25, 0.3) is 0 Å². The van der Waals surface area contributed by atoms with Gasteiger partial charge in [0.15, 0.2) is 11.5 Å². The summed E-state index contributed by atoms with van der Waals surface area (Å²) in [5.41, 5.74) is 2.58. The van der Waals surface area contributed by atoms with E-state index < -0.39 is 6.04 Å². The number of carbonyl (C=O) groups is 2. The van der Waals surface area contributed by atoms with Crippen LogP contribution in [0.2, 0.25) is 0 Å². The fourth-order valence-corrected chi connectivity index (χ4v) is 4.08. The highest BCUT2D eigenvalue weighted by Crippen LogP contribution is 2.37. The fraction of sp³-hybridized carbons (Fsp3) is 0.296. The number of imide groups is 1. The van der Waals surface area contributed by atoms with Crippen LogP contribution in [-0.4, -0.2) is 41.5 Å². The molecule has 4 rings (SSSR count). The van der Waals surface area contributed by atoms with Gasteiger partial charge in [-0.15, -0.1) is 0 Å². The second-order valence-corrected chi connectivity index (χ2v) is 7.82. The van der Waals surface area contributed by atoms with Gasteiger partial charge in [-0.1, -0.05) is 24.3 Å². The first-order valence-electron chi connectivity index (χ1n) is 11.5. The lowest BCUT2D eigenvalue weighted by atomic mass is 10.0. The van der Waals surface area contributed by atoms with Crippen LogP contribution in [0.3, 0.4) is 0 Å². The lowest BCUT2D eigenvalue weighted by Crippen LogP contribution is -2.35. The van der Waals surface area contributed by atoms with E-state index in [1.807, 2.05) is 44.2 Å². The Morgan fingerprint density at radius 2 is 1.59 bits per heavy atom. The van der Waals surface area contributed by atoms with Crippen molar-refractivity contribution in [2.45, 2.75) is 32.9 Å². The molecule has 0 aliphatic carbocycles. The summed E-state index contributed by atoms with van der Waals surface area (Å²) >= 11 is 0. The number of hydrogen-bond donors (Lipinski definition) is 0. The molecule has 3 aromatic rings. The minimum Gasteiger partial charge on any atom is -0.490 e. The lowest BCUT2D eigenvalue weighted by Gasteiger charge is -2.27. The lowest BCUT2D eigenvalue weighted by molar-refractivity contribution is 0.0509. The van der Waals surface area contributed by atoms with Crippen molar-refractivity contribution in [3.05, 3.63) is 89.2 Å². The van der Waals surface area contributed by atoms with E-state index in [1.165, 1.54) is 4.90 Å². The van der Waals surface area contributed by atoms with Gasteiger partial charge in [0.05, 0.1) is 37.0 Å². The Morgan fingerprint density at radius 3 is 2.24 bits per heavy atom. The highest BCUT2D eigenvalue weighted by molar-refractivity contribution is 6.21. The number of benzene rings is 2. The van der Waals surface area contributed by atoms with Crippen molar-refractivity contribution in [2.75, 3.05) is 19.8 Å². The van der Waals surface area contributed by atoms with Gasteiger partial charge in [0.25, 0.3) is 11.8 Å². The number of nitrogens with zero attached hydrogens (tertiary/aromatic N) is 2. The number of aromatic nitrogens is 1. The van der Waals surface area contributed by atoms with Crippen molar-refractivity contribution in [2.24, 2.45) is 0 Å². The summed E-state index contributed by atoms with van der Waals surface area (Å²) in [5, 5.41) is 0. The maximum absolute atomic E-state index is 13.3. The third-order valence-electron chi connectivity index (χ3n) is 5.62. The van der Waals surface area contributed by atoms with Crippen molar-refractivity contribution < 1.29 is 23.8 Å². The molecule has 0 bridgehead atoms. The van der Waals surface area contributed by atoms with E-state index in [0.717, 1.165) is 11.1 Å². The van der Waals surface area contributed by atoms with Crippen LogP contribution in [0.5, 0.6) is 11.5 Å². The molecule has 0 radical (unpaired) electrons. The summed E-state index contributed by atoms with van der Waals surface area (Å²) < 4.78 is 17.4. The van der Waals surface area contributed by atoms with E-state index in [4.69, 9.17) is 14.2 Å². The van der Waals surface area contributed by atoms with Gasteiger partial charge in [-0.2, -0.15) is 0 Å². The maximum atomic E-state index is 13.3.